The molecule has 21 nitrogen and oxygen atoms in total. The first-order chi connectivity index (χ1) is 44.6. The SMILES string of the molecule is CC[C@H](C)CCn1cc(-c2cnc(C)c(-c3cc(-c4ccc(CNC)cc4)no3)n2)ccc1=O.CNCc1ccc(-c2cc(-c3nc(-c4c[nH]c(=O)c(Br)c4)cnc3C)on2)cc1.CNCc1ccc(-c2cc(-c3nc(C4=CC(N)C(=O)C=C4)cnc3C)on2)cc1.[HH].[HH].[HH].[HH].[HH]. The molecule has 1 unspecified atom stereocenters. The minimum atomic E-state index is -0.663. The summed E-state index contributed by atoms with van der Waals surface area (Å²) in [4.78, 5) is 65.8. The number of nitrogens with two attached hydrogens (primary N) is 1. The third-order valence-electron chi connectivity index (χ3n) is 15.4. The standard InChI is InChI=1S/C27H31N5O2.C22H21N5O2.C21H18BrN5O2.5H2/c1-5-18(2)12-13-32-17-22(10-11-26(32)33)24-16-29-19(3)27(30-24)25-14-23(31-34-25)21-8-6-20(7-9-21)15-28-4;1-13-22(26-19(12-25-13)16-7-8-20(28)17(23)9-16)21-10-18(27-29-21)15-5-3-14(4-6-15)11-24-2;1-12-20(26-18(11-24-12)15-7-16(22)21(28)25-10-15)19-8-17(27-29-19)14-5-3-13(4-6-14)9-23-2;;;;;/h6-11,14,16-18,28H,5,12-13,15H2,1-4H3;3-10,12,17,24H,11,23H2,1-2H3;3-8,10-11,23H,9H2,1-2H3,(H,25,28);5*1H/t18-;;;;;;;/m0......./s1. The number of aryl methyl sites for hydroxylation is 4. The molecule has 0 bridgehead atoms. The molecule has 11 aromatic rings. The van der Waals surface area contributed by atoms with Gasteiger partial charge in [0.2, 0.25) is 0 Å². The van der Waals surface area contributed by atoms with Crippen LogP contribution in [0.2, 0.25) is 0 Å². The number of halogens is 1. The van der Waals surface area contributed by atoms with E-state index in [1.807, 2.05) is 103 Å². The van der Waals surface area contributed by atoms with Gasteiger partial charge in [-0.2, -0.15) is 0 Å². The first-order valence-corrected chi connectivity index (χ1v) is 30.8. The van der Waals surface area contributed by atoms with Gasteiger partial charge in [-0.1, -0.05) is 115 Å². The molecule has 92 heavy (non-hydrogen) atoms. The Morgan fingerprint density at radius 1 is 0.576 bits per heavy atom. The van der Waals surface area contributed by atoms with E-state index >= 15 is 0 Å². The number of benzene rings is 3. The van der Waals surface area contributed by atoms with Crippen molar-refractivity contribution in [2.45, 2.75) is 79.7 Å². The summed E-state index contributed by atoms with van der Waals surface area (Å²) in [5, 5.41) is 22.0. The van der Waals surface area contributed by atoms with Crippen LogP contribution in [0.15, 0.2) is 186 Å². The van der Waals surface area contributed by atoms with Crippen LogP contribution < -0.4 is 32.8 Å². The number of carbonyl (C=O) groups excluding carboxylic acids is 1. The van der Waals surface area contributed by atoms with E-state index in [2.05, 4.69) is 127 Å². The number of nitrogens with one attached hydrogen (secondary N) is 4. The smallest absolute Gasteiger partial charge is 0.262 e. The quantitative estimate of drug-likeness (QED) is 0.0503. The van der Waals surface area contributed by atoms with E-state index in [1.165, 1.54) is 22.8 Å². The summed E-state index contributed by atoms with van der Waals surface area (Å²) in [6.07, 6.45) is 15.4. The van der Waals surface area contributed by atoms with Crippen molar-refractivity contribution in [3.63, 3.8) is 0 Å². The third-order valence-corrected chi connectivity index (χ3v) is 16.0. The van der Waals surface area contributed by atoms with Crippen molar-refractivity contribution in [1.29, 1.82) is 0 Å². The number of aromatic nitrogens is 11. The number of pyridine rings is 2. The molecule has 0 fully saturated rings. The lowest BCUT2D eigenvalue weighted by molar-refractivity contribution is -0.114. The molecule has 0 saturated carbocycles. The summed E-state index contributed by atoms with van der Waals surface area (Å²) in [7, 11) is 5.76. The topological polar surface area (TPSA) is 289 Å². The van der Waals surface area contributed by atoms with Crippen molar-refractivity contribution in [2.75, 3.05) is 21.1 Å². The maximum Gasteiger partial charge on any atom is 0.262 e. The fourth-order valence-electron chi connectivity index (χ4n) is 9.84. The molecule has 0 amide bonds. The van der Waals surface area contributed by atoms with Crippen molar-refractivity contribution in [3.8, 4) is 90.6 Å². The van der Waals surface area contributed by atoms with Crippen LogP contribution in [0.25, 0.3) is 96.2 Å². The zero-order chi connectivity index (χ0) is 64.8. The van der Waals surface area contributed by atoms with Crippen LogP contribution in [0, 0.1) is 26.7 Å². The largest absolute Gasteiger partial charge is 0.354 e. The second-order valence-corrected chi connectivity index (χ2v) is 23.0. The number of hydrogen-bond acceptors (Lipinski definition) is 19. The normalized spacial score (nSPS) is 13.0. The van der Waals surface area contributed by atoms with Crippen molar-refractivity contribution in [3.05, 3.63) is 223 Å². The minimum Gasteiger partial charge on any atom is -0.354 e. The van der Waals surface area contributed by atoms with Crippen LogP contribution in [0.5, 0.6) is 0 Å². The number of hydrogen-bond donors (Lipinski definition) is 5. The van der Waals surface area contributed by atoms with Crippen LogP contribution in [-0.4, -0.2) is 87.9 Å². The molecule has 0 radical (unpaired) electrons. The minimum absolute atomic E-state index is 0. The van der Waals surface area contributed by atoms with Gasteiger partial charge in [-0.15, -0.1) is 0 Å². The molecule has 22 heteroatoms. The number of ketones is 1. The molecular weight excluding hydrogens is 1230 g/mol. The van der Waals surface area contributed by atoms with Crippen molar-refractivity contribution < 1.29 is 25.5 Å². The number of allylic oxidation sites excluding steroid dienone is 2. The van der Waals surface area contributed by atoms with Gasteiger partial charge in [0.1, 0.15) is 34.2 Å². The fourth-order valence-corrected chi connectivity index (χ4v) is 10.2. The Morgan fingerprint density at radius 3 is 1.42 bits per heavy atom. The third kappa shape index (κ3) is 15.9. The summed E-state index contributed by atoms with van der Waals surface area (Å²) >= 11 is 3.24. The van der Waals surface area contributed by atoms with Gasteiger partial charge in [0, 0.05) is 97.8 Å². The monoisotopic (exact) mass is 1310 g/mol. The lowest BCUT2D eigenvalue weighted by Crippen LogP contribution is -2.28. The molecule has 2 atom stereocenters. The summed E-state index contributed by atoms with van der Waals surface area (Å²) in [6, 6.07) is 34.5. The van der Waals surface area contributed by atoms with E-state index in [9.17, 15) is 14.4 Å². The summed E-state index contributed by atoms with van der Waals surface area (Å²) < 4.78 is 19.0. The Labute approximate surface area is 547 Å². The lowest BCUT2D eigenvalue weighted by Gasteiger charge is -2.12. The molecule has 0 aliphatic heterocycles. The van der Waals surface area contributed by atoms with Crippen molar-refractivity contribution in [2.24, 2.45) is 11.7 Å². The number of nitrogens with zero attached hydrogens (tertiary/aromatic N) is 10. The number of aromatic amines is 1. The van der Waals surface area contributed by atoms with E-state index < -0.39 is 6.04 Å². The molecule has 1 aliphatic carbocycles. The van der Waals surface area contributed by atoms with Crippen molar-refractivity contribution in [1.82, 2.24) is 70.9 Å². The van der Waals surface area contributed by atoms with Gasteiger partial charge < -0.3 is 44.8 Å². The molecule has 0 spiro atoms. The Balaban J connectivity index is 0.000000257. The Bertz CT molecular complexity index is 4580. The van der Waals surface area contributed by atoms with Crippen LogP contribution in [0.4, 0.5) is 0 Å². The summed E-state index contributed by atoms with van der Waals surface area (Å²) in [5.74, 6) is 2.07. The Hall–Kier alpha value is -10.1. The summed E-state index contributed by atoms with van der Waals surface area (Å²) in [6.45, 7) is 13.1. The Kier molecular flexibility index (Phi) is 21.3. The predicted molar refractivity (Wildman–Crippen MR) is 370 cm³/mol. The van der Waals surface area contributed by atoms with Gasteiger partial charge in [-0.3, -0.25) is 29.3 Å². The first kappa shape index (κ1) is 64.9. The van der Waals surface area contributed by atoms with Crippen LogP contribution >= 0.6 is 15.9 Å². The van der Waals surface area contributed by atoms with Crippen molar-refractivity contribution >= 4 is 27.3 Å². The van der Waals surface area contributed by atoms with Crippen LogP contribution in [-0.2, 0) is 31.0 Å². The zero-order valence-corrected chi connectivity index (χ0v) is 53.9. The van der Waals surface area contributed by atoms with Crippen LogP contribution in [0.3, 0.4) is 0 Å². The number of rotatable bonds is 19. The highest BCUT2D eigenvalue weighted by atomic mass is 79.9. The molecule has 12 rings (SSSR count). The highest BCUT2D eigenvalue weighted by molar-refractivity contribution is 9.10. The van der Waals surface area contributed by atoms with Gasteiger partial charge in [0.25, 0.3) is 11.1 Å². The molecule has 0 saturated heterocycles. The van der Waals surface area contributed by atoms with E-state index in [0.29, 0.717) is 68.4 Å². The molecule has 8 aromatic heterocycles. The first-order valence-electron chi connectivity index (χ1n) is 30.0. The van der Waals surface area contributed by atoms with Gasteiger partial charge in [0.05, 0.1) is 63.3 Å². The maximum absolute atomic E-state index is 12.3. The molecule has 1 aliphatic rings. The number of H-pyrrole nitrogens is 1. The van der Waals surface area contributed by atoms with E-state index in [0.717, 1.165) is 100 Å². The summed E-state index contributed by atoms with van der Waals surface area (Å²) in [5.41, 5.74) is 22.6. The average molecular weight is 1310 g/mol. The van der Waals surface area contributed by atoms with Gasteiger partial charge in [-0.25, -0.2) is 15.0 Å². The molecule has 6 N–H and O–H groups in total. The zero-order valence-electron chi connectivity index (χ0n) is 52.3. The molecule has 478 valence electrons. The molecule has 8 heterocycles. The van der Waals surface area contributed by atoms with Gasteiger partial charge in [-0.05, 0) is 117 Å². The second-order valence-electron chi connectivity index (χ2n) is 22.2. The highest BCUT2D eigenvalue weighted by Gasteiger charge is 2.21. The van der Waals surface area contributed by atoms with E-state index in [1.54, 1.807) is 59.7 Å². The maximum atomic E-state index is 12.3. The highest BCUT2D eigenvalue weighted by Crippen LogP contribution is 2.32. The van der Waals surface area contributed by atoms with Crippen LogP contribution in [0.1, 0.15) is 73.3 Å². The Morgan fingerprint density at radius 2 is 1.00 bits per heavy atom. The fraction of sp³-hybridized carbons (Fsp3) is 0.229. The van der Waals surface area contributed by atoms with Gasteiger partial charge in [0.15, 0.2) is 23.1 Å². The van der Waals surface area contributed by atoms with Gasteiger partial charge >= 0.3 is 0 Å². The lowest BCUT2D eigenvalue weighted by atomic mass is 10.00. The van der Waals surface area contributed by atoms with E-state index in [-0.39, 0.29) is 24.0 Å². The predicted octanol–water partition coefficient (Wildman–Crippen LogP) is 12.9. The molecular formula is C70H80BrN15O6. The second kappa shape index (κ2) is 30.1. The molecule has 3 aromatic carbocycles. The average Bonchev–Trinajstić information content (AvgIpc) is 1.74. The van der Waals surface area contributed by atoms with E-state index in [4.69, 9.17) is 24.3 Å². The number of carbonyl (C=O) groups is 1.